The number of rotatable bonds is 3. The van der Waals surface area contributed by atoms with E-state index in [0.29, 0.717) is 0 Å². The maximum absolute atomic E-state index is 2.74. The molecule has 0 atom stereocenters. The van der Waals surface area contributed by atoms with Crippen molar-refractivity contribution in [1.29, 1.82) is 0 Å². The van der Waals surface area contributed by atoms with Gasteiger partial charge in [-0.15, -0.1) is 0 Å². The van der Waals surface area contributed by atoms with E-state index >= 15 is 0 Å². The summed E-state index contributed by atoms with van der Waals surface area (Å²) in [5, 5.41) is 0. The molecule has 2 aliphatic heterocycles. The minimum absolute atomic E-state index is 0.00371. The van der Waals surface area contributed by atoms with E-state index in [9.17, 15) is 0 Å². The number of fused-ring (bicyclic) bond motifs is 6. The molecule has 2 heterocycles. The van der Waals surface area contributed by atoms with E-state index in [1.165, 1.54) is 110 Å². The molecule has 0 spiro atoms. The van der Waals surface area contributed by atoms with Crippen molar-refractivity contribution in [3.63, 3.8) is 0 Å². The maximum atomic E-state index is 2.74. The van der Waals surface area contributed by atoms with Crippen LogP contribution in [-0.4, -0.2) is 6.71 Å². The van der Waals surface area contributed by atoms with Gasteiger partial charge in [-0.05, 0) is 186 Å². The van der Waals surface area contributed by atoms with Crippen LogP contribution in [0, 0.1) is 0 Å². The topological polar surface area (TPSA) is 6.48 Å². The van der Waals surface area contributed by atoms with Gasteiger partial charge in [0.1, 0.15) is 0 Å². The Balaban J connectivity index is 1.35. The second-order valence-electron chi connectivity index (χ2n) is 25.3. The molecule has 2 nitrogen and oxygen atoms in total. The highest BCUT2D eigenvalue weighted by Gasteiger charge is 2.46. The lowest BCUT2D eigenvalue weighted by atomic mass is 9.33. The van der Waals surface area contributed by atoms with Gasteiger partial charge in [-0.1, -0.05) is 152 Å². The zero-order valence-electron chi connectivity index (χ0n) is 42.5. The predicted octanol–water partition coefficient (Wildman–Crippen LogP) is 14.9. The van der Waals surface area contributed by atoms with E-state index in [1.54, 1.807) is 27.8 Å². The number of benzene rings is 6. The Bertz CT molecular complexity index is 2860. The third-order valence-corrected chi connectivity index (χ3v) is 15.5. The Morgan fingerprint density at radius 1 is 0.369 bits per heavy atom. The van der Waals surface area contributed by atoms with E-state index in [4.69, 9.17) is 0 Å². The Labute approximate surface area is 393 Å². The van der Waals surface area contributed by atoms with Crippen LogP contribution in [0.2, 0.25) is 0 Å². The second-order valence-corrected chi connectivity index (χ2v) is 25.3. The molecule has 0 radical (unpaired) electrons. The molecule has 0 aromatic heterocycles. The van der Waals surface area contributed by atoms with Gasteiger partial charge in [-0.3, -0.25) is 0 Å². The Morgan fingerprint density at radius 2 is 0.785 bits per heavy atom. The first-order valence-electron chi connectivity index (χ1n) is 24.9. The Kier molecular flexibility index (Phi) is 9.95. The largest absolute Gasteiger partial charge is 0.311 e. The molecule has 0 amide bonds. The van der Waals surface area contributed by atoms with Gasteiger partial charge in [0, 0.05) is 34.0 Å². The van der Waals surface area contributed by atoms with Crippen molar-refractivity contribution in [1.82, 2.24) is 0 Å². The minimum Gasteiger partial charge on any atom is -0.311 e. The molecular formula is C62H73BN2. The molecule has 0 saturated carbocycles. The summed E-state index contributed by atoms with van der Waals surface area (Å²) < 4.78 is 0. The number of aryl methyl sites for hydroxylation is 2. The summed E-state index contributed by atoms with van der Waals surface area (Å²) in [5.74, 6) is 0. The lowest BCUT2D eigenvalue weighted by Gasteiger charge is -2.46. The van der Waals surface area contributed by atoms with E-state index < -0.39 is 0 Å². The highest BCUT2D eigenvalue weighted by molar-refractivity contribution is 7.00. The van der Waals surface area contributed by atoms with Gasteiger partial charge in [-0.25, -0.2) is 0 Å². The molecule has 6 aromatic rings. The Morgan fingerprint density at radius 3 is 1.26 bits per heavy atom. The highest BCUT2D eigenvalue weighted by atomic mass is 15.2. The number of nitrogens with zero attached hydrogens (tertiary/aromatic N) is 2. The lowest BCUT2D eigenvalue weighted by molar-refractivity contribution is 0.589. The second kappa shape index (κ2) is 14.7. The molecule has 0 bridgehead atoms. The minimum atomic E-state index is -0.0960. The third kappa shape index (κ3) is 7.30. The van der Waals surface area contributed by atoms with Crippen molar-refractivity contribution in [2.75, 3.05) is 9.80 Å². The summed E-state index contributed by atoms with van der Waals surface area (Å²) in [6.07, 6.45) is 7.19. The average Bonchev–Trinajstić information content (AvgIpc) is 3.90. The standard InChI is InChI=1S/C62H73BN2/c1-58(2,3)40-22-27-45(28-23-40)64-52-30-25-42(60(7,8)9)34-49(52)63-50-35-43(61(10,11)12)26-31-53(50)65(55-37-44(62(13,14)15)36-54(64)57(55)63)51-29-24-41(59(4,5)6)33-48(51)56-46-20-16-18-38(46)32-39-19-17-21-47(39)56/h22-37H,16-21H2,1-15H3. The van der Waals surface area contributed by atoms with Gasteiger partial charge in [0.2, 0.25) is 0 Å². The van der Waals surface area contributed by atoms with Crippen molar-refractivity contribution in [3.8, 4) is 11.1 Å². The SMILES string of the molecule is CC(C)(C)c1ccc(N2c3ccc(C(C)(C)C)cc3B3c4cc(C(C)(C)C)ccc4N(c4ccc(C(C)(C)C)cc4-c4c5c(cc6c4CCC6)CCC5)c4cc(C(C)(C)C)cc2c43)cc1. The van der Waals surface area contributed by atoms with Crippen LogP contribution in [0.1, 0.15) is 167 Å². The number of hydrogen-bond donors (Lipinski definition) is 0. The van der Waals surface area contributed by atoms with Crippen LogP contribution in [0.3, 0.4) is 0 Å². The Hall–Kier alpha value is -5.02. The first kappa shape index (κ1) is 43.9. The number of hydrogen-bond acceptors (Lipinski definition) is 2. The van der Waals surface area contributed by atoms with Gasteiger partial charge in [-0.2, -0.15) is 0 Å². The van der Waals surface area contributed by atoms with Gasteiger partial charge in [0.15, 0.2) is 0 Å². The summed E-state index contributed by atoms with van der Waals surface area (Å²) in [7, 11) is 0. The molecular weight excluding hydrogens is 784 g/mol. The molecule has 0 saturated heterocycles. The molecule has 65 heavy (non-hydrogen) atoms. The monoisotopic (exact) mass is 857 g/mol. The van der Waals surface area contributed by atoms with Crippen LogP contribution >= 0.6 is 0 Å². The van der Waals surface area contributed by atoms with Crippen molar-refractivity contribution >= 4 is 57.2 Å². The molecule has 10 rings (SSSR count). The first-order chi connectivity index (χ1) is 30.4. The zero-order chi connectivity index (χ0) is 46.3. The van der Waals surface area contributed by atoms with Gasteiger partial charge in [0.25, 0.3) is 6.71 Å². The summed E-state index contributed by atoms with van der Waals surface area (Å²) in [6, 6.07) is 39.8. The molecule has 2 aliphatic carbocycles. The average molecular weight is 857 g/mol. The molecule has 0 unspecified atom stereocenters. The smallest absolute Gasteiger partial charge is 0.252 e. The van der Waals surface area contributed by atoms with Crippen molar-refractivity contribution in [2.45, 2.75) is 169 Å². The summed E-state index contributed by atoms with van der Waals surface area (Å²) in [6.45, 7) is 35.6. The third-order valence-electron chi connectivity index (χ3n) is 15.5. The van der Waals surface area contributed by atoms with Gasteiger partial charge in [0.05, 0.1) is 5.69 Å². The van der Waals surface area contributed by atoms with E-state index in [-0.39, 0.29) is 33.8 Å². The maximum Gasteiger partial charge on any atom is 0.252 e. The van der Waals surface area contributed by atoms with Crippen LogP contribution in [0.4, 0.5) is 34.1 Å². The van der Waals surface area contributed by atoms with Crippen LogP contribution in [0.15, 0.2) is 97.1 Å². The van der Waals surface area contributed by atoms with E-state index in [2.05, 4.69) is 211 Å². The normalized spacial score (nSPS) is 15.8. The fourth-order valence-electron chi connectivity index (χ4n) is 11.6. The van der Waals surface area contributed by atoms with Crippen molar-refractivity contribution in [3.05, 3.63) is 147 Å². The summed E-state index contributed by atoms with van der Waals surface area (Å²) >= 11 is 0. The van der Waals surface area contributed by atoms with E-state index in [1.807, 2.05) is 0 Å². The zero-order valence-corrected chi connectivity index (χ0v) is 42.5. The summed E-state index contributed by atoms with van der Waals surface area (Å²) in [5.41, 5.74) is 28.0. The van der Waals surface area contributed by atoms with Crippen LogP contribution in [0.5, 0.6) is 0 Å². The van der Waals surface area contributed by atoms with Crippen LogP contribution in [0.25, 0.3) is 11.1 Å². The fraction of sp³-hybridized carbons (Fsp3) is 0.419. The quantitative estimate of drug-likeness (QED) is 0.163. The molecule has 4 aliphatic rings. The molecule has 3 heteroatoms. The molecule has 334 valence electrons. The molecule has 6 aromatic carbocycles. The molecule has 0 fully saturated rings. The summed E-state index contributed by atoms with van der Waals surface area (Å²) in [4.78, 5) is 5.36. The predicted molar refractivity (Wildman–Crippen MR) is 283 cm³/mol. The van der Waals surface area contributed by atoms with E-state index in [0.717, 1.165) is 12.8 Å². The van der Waals surface area contributed by atoms with Crippen molar-refractivity contribution in [2.24, 2.45) is 0 Å². The van der Waals surface area contributed by atoms with Gasteiger partial charge >= 0.3 is 0 Å². The molecule has 0 N–H and O–H groups in total. The lowest BCUT2D eigenvalue weighted by Crippen LogP contribution is -2.62. The number of anilines is 6. The highest BCUT2D eigenvalue weighted by Crippen LogP contribution is 2.52. The van der Waals surface area contributed by atoms with Crippen LogP contribution < -0.4 is 26.2 Å². The first-order valence-corrected chi connectivity index (χ1v) is 24.9. The fourth-order valence-corrected chi connectivity index (χ4v) is 11.6. The van der Waals surface area contributed by atoms with Gasteiger partial charge < -0.3 is 9.80 Å². The van der Waals surface area contributed by atoms with Crippen LogP contribution in [-0.2, 0) is 52.8 Å². The van der Waals surface area contributed by atoms with Crippen molar-refractivity contribution < 1.29 is 0 Å².